The van der Waals surface area contributed by atoms with Crippen molar-refractivity contribution >= 4 is 12.4 Å². The number of nitrogens with zero attached hydrogens (tertiary/aromatic N) is 4. The largest absolute Gasteiger partial charge is 0.483 e. The van der Waals surface area contributed by atoms with Crippen LogP contribution >= 0.6 is 0 Å². The van der Waals surface area contributed by atoms with E-state index in [1.165, 1.54) is 0 Å². The van der Waals surface area contributed by atoms with E-state index in [-0.39, 0.29) is 23.4 Å². The van der Waals surface area contributed by atoms with Crippen LogP contribution in [-0.4, -0.2) is 60.6 Å². The highest BCUT2D eigenvalue weighted by molar-refractivity contribution is 5.93. The molecule has 31 heavy (non-hydrogen) atoms. The van der Waals surface area contributed by atoms with Crippen LogP contribution in [0.15, 0.2) is 41.7 Å². The first kappa shape index (κ1) is 20.5. The number of carbonyl (C=O) groups is 2. The molecule has 0 radical (unpaired) electrons. The minimum atomic E-state index is -0.266. The lowest BCUT2D eigenvalue weighted by atomic mass is 9.77. The van der Waals surface area contributed by atoms with Gasteiger partial charge in [0.05, 0.1) is 17.5 Å². The summed E-state index contributed by atoms with van der Waals surface area (Å²) in [5.74, 6) is 0.509. The number of fused-ring (bicyclic) bond motifs is 2. The molecule has 1 amide bonds. The fraction of sp³-hybridized carbons (Fsp3) is 0.333. The predicted octanol–water partition coefficient (Wildman–Crippen LogP) is 1.38. The third-order valence-corrected chi connectivity index (χ3v) is 5.92. The summed E-state index contributed by atoms with van der Waals surface area (Å²) in [4.78, 5) is 47.7. The molecule has 3 aromatic rings. The van der Waals surface area contributed by atoms with Gasteiger partial charge in [-0.2, -0.15) is 5.10 Å². The summed E-state index contributed by atoms with van der Waals surface area (Å²) < 4.78 is 0. The van der Waals surface area contributed by atoms with Gasteiger partial charge in [0.2, 0.25) is 0 Å². The fourth-order valence-electron chi connectivity index (χ4n) is 4.54. The summed E-state index contributed by atoms with van der Waals surface area (Å²) >= 11 is 0. The molecule has 0 bridgehead atoms. The van der Waals surface area contributed by atoms with Gasteiger partial charge in [0.15, 0.2) is 0 Å². The van der Waals surface area contributed by atoms with Crippen LogP contribution in [0, 0.1) is 0 Å². The lowest BCUT2D eigenvalue weighted by Gasteiger charge is -2.40. The number of rotatable bonds is 2. The summed E-state index contributed by atoms with van der Waals surface area (Å²) in [5.41, 5.74) is 2.60. The quantitative estimate of drug-likeness (QED) is 0.529. The maximum Gasteiger partial charge on any atom is 0.290 e. The molecule has 160 valence electrons. The second-order valence-electron chi connectivity index (χ2n) is 7.69. The van der Waals surface area contributed by atoms with Gasteiger partial charge < -0.3 is 15.0 Å². The van der Waals surface area contributed by atoms with Crippen molar-refractivity contribution in [3.8, 4) is 11.4 Å². The monoisotopic (exact) mass is 422 g/mol. The second-order valence-corrected chi connectivity index (χ2v) is 7.69. The molecule has 5 rings (SSSR count). The van der Waals surface area contributed by atoms with Gasteiger partial charge in [0, 0.05) is 48.2 Å². The number of aromatic amines is 2. The molecule has 1 unspecified atom stereocenters. The van der Waals surface area contributed by atoms with Crippen molar-refractivity contribution in [2.45, 2.75) is 31.1 Å². The van der Waals surface area contributed by atoms with E-state index in [1.54, 1.807) is 24.8 Å². The highest BCUT2D eigenvalue weighted by atomic mass is 16.3. The number of pyridine rings is 1. The van der Waals surface area contributed by atoms with Crippen molar-refractivity contribution in [2.75, 3.05) is 13.1 Å². The number of likely N-dealkylation sites (tertiary alicyclic amines) is 1. The van der Waals surface area contributed by atoms with Crippen molar-refractivity contribution in [3.63, 3.8) is 0 Å². The average Bonchev–Trinajstić information content (AvgIpc) is 3.44. The lowest BCUT2D eigenvalue weighted by molar-refractivity contribution is -0.122. The van der Waals surface area contributed by atoms with E-state index in [4.69, 9.17) is 14.9 Å². The smallest absolute Gasteiger partial charge is 0.290 e. The number of nitrogens with one attached hydrogen (secondary N) is 2. The normalized spacial score (nSPS) is 19.4. The van der Waals surface area contributed by atoms with Crippen molar-refractivity contribution in [1.29, 1.82) is 0 Å². The molecule has 1 aliphatic heterocycles. The Morgan fingerprint density at radius 2 is 2.13 bits per heavy atom. The summed E-state index contributed by atoms with van der Waals surface area (Å²) in [6.07, 6.45) is 9.91. The van der Waals surface area contributed by atoms with Crippen molar-refractivity contribution in [2.24, 2.45) is 0 Å². The molecule has 4 heterocycles. The maximum absolute atomic E-state index is 12.8. The Labute approximate surface area is 177 Å². The Morgan fingerprint density at radius 1 is 1.29 bits per heavy atom. The molecule has 3 aromatic heterocycles. The van der Waals surface area contributed by atoms with Gasteiger partial charge in [-0.05, 0) is 37.8 Å². The van der Waals surface area contributed by atoms with E-state index in [1.807, 2.05) is 17.0 Å². The van der Waals surface area contributed by atoms with Gasteiger partial charge in [-0.3, -0.25) is 24.5 Å². The molecular weight excluding hydrogens is 400 g/mol. The molecule has 1 saturated heterocycles. The van der Waals surface area contributed by atoms with Gasteiger partial charge in [-0.1, -0.05) is 0 Å². The first-order valence-corrected chi connectivity index (χ1v) is 9.98. The maximum atomic E-state index is 12.8. The van der Waals surface area contributed by atoms with E-state index >= 15 is 0 Å². The number of aromatic nitrogens is 5. The molecule has 0 saturated carbocycles. The molecule has 3 N–H and O–H groups in total. The van der Waals surface area contributed by atoms with Crippen LogP contribution in [0.4, 0.5) is 0 Å². The van der Waals surface area contributed by atoms with Gasteiger partial charge in [0.25, 0.3) is 17.9 Å². The Balaban J connectivity index is 0.000000730. The Morgan fingerprint density at radius 3 is 2.84 bits per heavy atom. The molecule has 10 nitrogen and oxygen atoms in total. The Hall–Kier alpha value is -3.82. The Bertz CT molecular complexity index is 1130. The molecular formula is C21H22N6O4. The minimum Gasteiger partial charge on any atom is -0.483 e. The predicted molar refractivity (Wildman–Crippen MR) is 111 cm³/mol. The first-order valence-electron chi connectivity index (χ1n) is 9.98. The van der Waals surface area contributed by atoms with Crippen LogP contribution < -0.4 is 5.56 Å². The number of carbonyl (C=O) groups excluding carboxylic acids is 1. The summed E-state index contributed by atoms with van der Waals surface area (Å²) in [6.45, 7) is 1.03. The van der Waals surface area contributed by atoms with E-state index in [2.05, 4.69) is 20.2 Å². The summed E-state index contributed by atoms with van der Waals surface area (Å²) in [7, 11) is 0. The van der Waals surface area contributed by atoms with Crippen molar-refractivity contribution in [3.05, 3.63) is 64.1 Å². The molecule has 1 aliphatic carbocycles. The first-order chi connectivity index (χ1) is 15.1. The molecule has 10 heteroatoms. The fourth-order valence-corrected chi connectivity index (χ4v) is 4.54. The molecule has 2 aliphatic rings. The molecule has 1 fully saturated rings. The van der Waals surface area contributed by atoms with Crippen molar-refractivity contribution < 1.29 is 14.7 Å². The van der Waals surface area contributed by atoms with Crippen molar-refractivity contribution in [1.82, 2.24) is 30.0 Å². The summed E-state index contributed by atoms with van der Waals surface area (Å²) in [5, 5.41) is 13.5. The van der Waals surface area contributed by atoms with Crippen LogP contribution in [0.2, 0.25) is 0 Å². The average molecular weight is 422 g/mol. The van der Waals surface area contributed by atoms with Crippen LogP contribution in [0.5, 0.6) is 0 Å². The van der Waals surface area contributed by atoms with E-state index in [0.717, 1.165) is 36.1 Å². The van der Waals surface area contributed by atoms with E-state index < -0.39 is 0 Å². The number of hydrogen-bond donors (Lipinski definition) is 3. The zero-order valence-corrected chi connectivity index (χ0v) is 16.7. The lowest BCUT2D eigenvalue weighted by Crippen LogP contribution is -2.48. The van der Waals surface area contributed by atoms with Crippen LogP contribution in [0.3, 0.4) is 0 Å². The van der Waals surface area contributed by atoms with E-state index in [0.29, 0.717) is 30.9 Å². The third-order valence-electron chi connectivity index (χ3n) is 5.92. The van der Waals surface area contributed by atoms with Crippen LogP contribution in [0.25, 0.3) is 11.4 Å². The Kier molecular flexibility index (Phi) is 5.61. The standard InChI is InChI=1S/C20H20N6O2.CH2O2/c27-18-15-4-6-20(16(15)24-17(25-18)13-3-1-7-21-9-13)5-2-8-26(12-20)19(28)14-10-22-23-11-14;2-1-3/h1,3,7,9-11H,2,4-6,8,12H2,(H,22,23)(H,24,25,27);1H,(H,2,3). The summed E-state index contributed by atoms with van der Waals surface area (Å²) in [6, 6.07) is 3.71. The SMILES string of the molecule is O=C(c1cn[nH]c1)N1CCCC2(CCc3c2nc(-c2cccnc2)[nH]c3=O)C1.O=CO. The van der Waals surface area contributed by atoms with Gasteiger partial charge >= 0.3 is 0 Å². The van der Waals surface area contributed by atoms with Crippen LogP contribution in [-0.2, 0) is 16.6 Å². The van der Waals surface area contributed by atoms with Crippen LogP contribution in [0.1, 0.15) is 40.9 Å². The molecule has 1 atom stereocenters. The van der Waals surface area contributed by atoms with E-state index in [9.17, 15) is 9.59 Å². The number of piperidine rings is 1. The van der Waals surface area contributed by atoms with Gasteiger partial charge in [0.1, 0.15) is 5.82 Å². The third kappa shape index (κ3) is 3.83. The van der Waals surface area contributed by atoms with Gasteiger partial charge in [-0.15, -0.1) is 0 Å². The number of amides is 1. The molecule has 0 aromatic carbocycles. The number of hydrogen-bond acceptors (Lipinski definition) is 6. The number of H-pyrrole nitrogens is 2. The zero-order valence-electron chi connectivity index (χ0n) is 16.7. The highest BCUT2D eigenvalue weighted by Crippen LogP contribution is 2.43. The van der Waals surface area contributed by atoms with Gasteiger partial charge in [-0.25, -0.2) is 4.98 Å². The molecule has 1 spiro atoms. The second kappa shape index (κ2) is 8.50. The number of carboxylic acid groups (broad SMARTS) is 1. The zero-order chi connectivity index (χ0) is 21.8. The topological polar surface area (TPSA) is 145 Å². The highest BCUT2D eigenvalue weighted by Gasteiger charge is 2.45. The minimum absolute atomic E-state index is 0.0291.